The van der Waals surface area contributed by atoms with Crippen molar-refractivity contribution in [3.63, 3.8) is 0 Å². The molecule has 0 radical (unpaired) electrons. The molecule has 0 aliphatic carbocycles. The molecule has 0 saturated carbocycles. The van der Waals surface area contributed by atoms with Gasteiger partial charge < -0.3 is 15.1 Å². The van der Waals surface area contributed by atoms with E-state index in [0.717, 1.165) is 36.6 Å². The van der Waals surface area contributed by atoms with Crippen molar-refractivity contribution in [2.75, 3.05) is 53.4 Å². The van der Waals surface area contributed by atoms with Gasteiger partial charge in [-0.15, -0.1) is 6.58 Å². The van der Waals surface area contributed by atoms with Crippen molar-refractivity contribution in [2.45, 2.75) is 13.0 Å². The topological polar surface area (TPSA) is 51.2 Å². The second kappa shape index (κ2) is 10.5. The molecule has 1 aromatic carbocycles. The van der Waals surface area contributed by atoms with Gasteiger partial charge in [-0.05, 0) is 24.6 Å². The number of carbonyl (C=O) groups is 1. The minimum atomic E-state index is -0.00426. The Labute approximate surface area is 171 Å². The molecular formula is C20H30BrN5O. The standard InChI is InChI=1S/C20H30BrN5O/c1-5-10-22-20(23-15-19(27)24(3)4)26-13-11-25(12-14-26)16(2)17-6-8-18(21)9-7-17/h5-9,16H,1,10-15H2,2-4H3,(H,22,23). The van der Waals surface area contributed by atoms with Gasteiger partial charge in [0, 0.05) is 57.3 Å². The van der Waals surface area contributed by atoms with E-state index in [-0.39, 0.29) is 12.5 Å². The van der Waals surface area contributed by atoms with Crippen LogP contribution in [0.25, 0.3) is 0 Å². The first-order chi connectivity index (χ1) is 12.9. The number of halogens is 1. The van der Waals surface area contributed by atoms with E-state index in [9.17, 15) is 4.79 Å². The van der Waals surface area contributed by atoms with Gasteiger partial charge in [-0.25, -0.2) is 4.99 Å². The quantitative estimate of drug-likeness (QED) is 0.423. The molecule has 1 saturated heterocycles. The first-order valence-corrected chi connectivity index (χ1v) is 10.1. The fourth-order valence-electron chi connectivity index (χ4n) is 2.99. The first-order valence-electron chi connectivity index (χ1n) is 9.26. The summed E-state index contributed by atoms with van der Waals surface area (Å²) >= 11 is 3.49. The number of nitrogens with zero attached hydrogens (tertiary/aromatic N) is 4. The predicted octanol–water partition coefficient (Wildman–Crippen LogP) is 2.35. The number of likely N-dealkylation sites (N-methyl/N-ethyl adjacent to an activating group) is 1. The Morgan fingerprint density at radius 2 is 1.93 bits per heavy atom. The second-order valence-corrected chi connectivity index (χ2v) is 7.76. The maximum Gasteiger partial charge on any atom is 0.243 e. The van der Waals surface area contributed by atoms with Crippen molar-refractivity contribution in [1.29, 1.82) is 0 Å². The second-order valence-electron chi connectivity index (χ2n) is 6.85. The van der Waals surface area contributed by atoms with Crippen LogP contribution in [-0.4, -0.2) is 79.9 Å². The highest BCUT2D eigenvalue weighted by Gasteiger charge is 2.24. The van der Waals surface area contributed by atoms with Crippen LogP contribution >= 0.6 is 15.9 Å². The van der Waals surface area contributed by atoms with E-state index in [1.807, 2.05) is 0 Å². The molecule has 1 aliphatic rings. The number of aliphatic imine (C=N–C) groups is 1. The van der Waals surface area contributed by atoms with Gasteiger partial charge in [0.1, 0.15) is 6.54 Å². The summed E-state index contributed by atoms with van der Waals surface area (Å²) in [7, 11) is 3.49. The van der Waals surface area contributed by atoms with Crippen LogP contribution in [0.5, 0.6) is 0 Å². The molecule has 27 heavy (non-hydrogen) atoms. The number of benzene rings is 1. The Kier molecular flexibility index (Phi) is 8.31. The first kappa shape index (κ1) is 21.4. The van der Waals surface area contributed by atoms with Crippen molar-refractivity contribution >= 4 is 27.8 Å². The third-order valence-electron chi connectivity index (χ3n) is 4.78. The fraction of sp³-hybridized carbons (Fsp3) is 0.500. The zero-order valence-electron chi connectivity index (χ0n) is 16.5. The summed E-state index contributed by atoms with van der Waals surface area (Å²) < 4.78 is 1.10. The summed E-state index contributed by atoms with van der Waals surface area (Å²) in [6.45, 7) is 10.4. The van der Waals surface area contributed by atoms with Crippen LogP contribution in [-0.2, 0) is 4.79 Å². The van der Waals surface area contributed by atoms with E-state index >= 15 is 0 Å². The zero-order chi connectivity index (χ0) is 19.8. The number of rotatable bonds is 6. The molecular weight excluding hydrogens is 406 g/mol. The van der Waals surface area contributed by atoms with E-state index in [1.165, 1.54) is 5.56 Å². The summed E-state index contributed by atoms with van der Waals surface area (Å²) in [5, 5.41) is 3.28. The largest absolute Gasteiger partial charge is 0.353 e. The lowest BCUT2D eigenvalue weighted by atomic mass is 10.1. The summed E-state index contributed by atoms with van der Waals surface area (Å²) in [5.74, 6) is 0.774. The SMILES string of the molecule is C=CCNC(=NCC(=O)N(C)C)N1CCN(C(C)c2ccc(Br)cc2)CC1. The lowest BCUT2D eigenvalue weighted by Crippen LogP contribution is -2.53. The lowest BCUT2D eigenvalue weighted by molar-refractivity contribution is -0.127. The molecule has 148 valence electrons. The summed E-state index contributed by atoms with van der Waals surface area (Å²) in [6, 6.07) is 8.90. The molecule has 1 unspecified atom stereocenters. The molecule has 1 heterocycles. The number of nitrogens with one attached hydrogen (secondary N) is 1. The van der Waals surface area contributed by atoms with Gasteiger partial charge in [0.2, 0.25) is 5.91 Å². The normalized spacial score (nSPS) is 16.7. The van der Waals surface area contributed by atoms with E-state index in [0.29, 0.717) is 12.6 Å². The lowest BCUT2D eigenvalue weighted by Gasteiger charge is -2.39. The minimum absolute atomic E-state index is 0.00426. The number of amides is 1. The maximum atomic E-state index is 11.9. The molecule has 1 fully saturated rings. The molecule has 0 aromatic heterocycles. The fourth-order valence-corrected chi connectivity index (χ4v) is 3.25. The molecule has 1 aliphatic heterocycles. The number of guanidine groups is 1. The number of piperazine rings is 1. The van der Waals surface area contributed by atoms with Crippen LogP contribution in [0.15, 0.2) is 46.4 Å². The molecule has 6 nitrogen and oxygen atoms in total. The van der Waals surface area contributed by atoms with E-state index in [1.54, 1.807) is 25.1 Å². The summed E-state index contributed by atoms with van der Waals surface area (Å²) in [5.41, 5.74) is 1.32. The van der Waals surface area contributed by atoms with Crippen molar-refractivity contribution in [2.24, 2.45) is 4.99 Å². The zero-order valence-corrected chi connectivity index (χ0v) is 18.1. The van der Waals surface area contributed by atoms with Crippen LogP contribution in [0.1, 0.15) is 18.5 Å². The van der Waals surface area contributed by atoms with Crippen molar-refractivity contribution in [3.05, 3.63) is 47.0 Å². The van der Waals surface area contributed by atoms with Gasteiger partial charge in [-0.1, -0.05) is 34.1 Å². The average molecular weight is 436 g/mol. The maximum absolute atomic E-state index is 11.9. The monoisotopic (exact) mass is 435 g/mol. The van der Waals surface area contributed by atoms with Gasteiger partial charge in [0.05, 0.1) is 0 Å². The van der Waals surface area contributed by atoms with Gasteiger partial charge in [0.25, 0.3) is 0 Å². The molecule has 2 rings (SSSR count). The molecule has 1 N–H and O–H groups in total. The molecule has 7 heteroatoms. The van der Waals surface area contributed by atoms with Crippen LogP contribution in [0.2, 0.25) is 0 Å². The molecule has 1 aromatic rings. The smallest absolute Gasteiger partial charge is 0.243 e. The summed E-state index contributed by atoms with van der Waals surface area (Å²) in [6.07, 6.45) is 1.80. The van der Waals surface area contributed by atoms with E-state index in [4.69, 9.17) is 0 Å². The highest BCUT2D eigenvalue weighted by molar-refractivity contribution is 9.10. The molecule has 1 atom stereocenters. The molecule has 0 spiro atoms. The van der Waals surface area contributed by atoms with Gasteiger partial charge in [-0.3, -0.25) is 9.69 Å². The third-order valence-corrected chi connectivity index (χ3v) is 5.31. The molecule has 1 amide bonds. The molecule has 0 bridgehead atoms. The van der Waals surface area contributed by atoms with Crippen molar-refractivity contribution < 1.29 is 4.79 Å². The van der Waals surface area contributed by atoms with Gasteiger partial charge >= 0.3 is 0 Å². The Balaban J connectivity index is 1.97. The Bertz CT molecular complexity index is 651. The van der Waals surface area contributed by atoms with Gasteiger partial charge in [-0.2, -0.15) is 0 Å². The Hall–Kier alpha value is -1.86. The number of carbonyl (C=O) groups excluding carboxylic acids is 1. The Morgan fingerprint density at radius 3 is 2.48 bits per heavy atom. The number of hydrogen-bond acceptors (Lipinski definition) is 3. The third kappa shape index (κ3) is 6.36. The average Bonchev–Trinajstić information content (AvgIpc) is 2.68. The van der Waals surface area contributed by atoms with Crippen LogP contribution in [0, 0.1) is 0 Å². The van der Waals surface area contributed by atoms with E-state index < -0.39 is 0 Å². The van der Waals surface area contributed by atoms with Crippen molar-refractivity contribution in [1.82, 2.24) is 20.0 Å². The Morgan fingerprint density at radius 1 is 1.30 bits per heavy atom. The minimum Gasteiger partial charge on any atom is -0.353 e. The van der Waals surface area contributed by atoms with Gasteiger partial charge in [0.15, 0.2) is 5.96 Å². The predicted molar refractivity (Wildman–Crippen MR) is 115 cm³/mol. The summed E-state index contributed by atoms with van der Waals surface area (Å²) in [4.78, 5) is 22.6. The highest BCUT2D eigenvalue weighted by atomic mass is 79.9. The van der Waals surface area contributed by atoms with Crippen molar-refractivity contribution in [3.8, 4) is 0 Å². The number of hydrogen-bond donors (Lipinski definition) is 1. The van der Waals surface area contributed by atoms with Crippen LogP contribution < -0.4 is 5.32 Å². The van der Waals surface area contributed by atoms with Crippen LogP contribution in [0.4, 0.5) is 0 Å². The highest BCUT2D eigenvalue weighted by Crippen LogP contribution is 2.23. The van der Waals surface area contributed by atoms with Crippen LogP contribution in [0.3, 0.4) is 0 Å². The van der Waals surface area contributed by atoms with E-state index in [2.05, 4.69) is 73.8 Å².